The number of hydrogen-bond acceptors (Lipinski definition) is 8. The van der Waals surface area contributed by atoms with E-state index >= 15 is 0 Å². The molecule has 1 atom stereocenters. The zero-order valence-electron chi connectivity index (χ0n) is 24.1. The summed E-state index contributed by atoms with van der Waals surface area (Å²) in [5.41, 5.74) is 4.78. The Morgan fingerprint density at radius 3 is 2.74 bits per heavy atom. The van der Waals surface area contributed by atoms with Gasteiger partial charge in [-0.1, -0.05) is 6.08 Å². The van der Waals surface area contributed by atoms with Gasteiger partial charge in [0.25, 0.3) is 0 Å². The number of likely N-dealkylation sites (N-methyl/N-ethyl adjacent to an activating group) is 1. The summed E-state index contributed by atoms with van der Waals surface area (Å²) in [4.78, 5) is 25.6. The number of hydrogen-bond donors (Lipinski definition) is 1. The van der Waals surface area contributed by atoms with Gasteiger partial charge in [0.05, 0.1) is 0 Å². The fourth-order valence-electron chi connectivity index (χ4n) is 5.46. The largest absolute Gasteiger partial charge is 0.457 e. The zero-order chi connectivity index (χ0) is 29.1. The number of carbonyl (C=O) groups excluding carboxylic acids is 1. The summed E-state index contributed by atoms with van der Waals surface area (Å²) in [5.74, 6) is 2.61. The van der Waals surface area contributed by atoms with Gasteiger partial charge in [0.2, 0.25) is 5.91 Å². The fourth-order valence-corrected chi connectivity index (χ4v) is 5.46. The van der Waals surface area contributed by atoms with Crippen molar-refractivity contribution < 1.29 is 9.53 Å². The number of anilines is 2. The second-order valence-corrected chi connectivity index (χ2v) is 10.9. The Morgan fingerprint density at radius 1 is 1.05 bits per heavy atom. The molecule has 0 bridgehead atoms. The molecule has 1 N–H and O–H groups in total. The highest BCUT2D eigenvalue weighted by Crippen LogP contribution is 2.35. The molecule has 1 saturated heterocycles. The van der Waals surface area contributed by atoms with Crippen LogP contribution >= 0.6 is 0 Å². The monoisotopic (exact) mass is 565 g/mol. The number of nitrogens with one attached hydrogen (secondary N) is 1. The molecular weight excluding hydrogens is 530 g/mol. The first-order valence-corrected chi connectivity index (χ1v) is 14.2. The minimum atomic E-state index is 0.0896. The van der Waals surface area contributed by atoms with Crippen molar-refractivity contribution >= 4 is 28.6 Å². The predicted octanol–water partition coefficient (Wildman–Crippen LogP) is 4.83. The summed E-state index contributed by atoms with van der Waals surface area (Å²) >= 11 is 0. The third-order valence-electron chi connectivity index (χ3n) is 7.61. The molecule has 0 saturated carbocycles. The van der Waals surface area contributed by atoms with Crippen LogP contribution < -0.4 is 10.1 Å². The fraction of sp³-hybridized carbons (Fsp3) is 0.323. The molecule has 1 aromatic carbocycles. The Labute approximate surface area is 244 Å². The third-order valence-corrected chi connectivity index (χ3v) is 7.61. The van der Waals surface area contributed by atoms with Crippen LogP contribution in [0.15, 0.2) is 73.6 Å². The van der Waals surface area contributed by atoms with Gasteiger partial charge < -0.3 is 19.9 Å². The van der Waals surface area contributed by atoms with Crippen LogP contribution in [0.2, 0.25) is 0 Å². The van der Waals surface area contributed by atoms with Gasteiger partial charge in [-0.05, 0) is 87.7 Å². The van der Waals surface area contributed by atoms with Crippen LogP contribution in [0.5, 0.6) is 11.5 Å². The maximum absolute atomic E-state index is 12.8. The number of amides is 1. The molecule has 216 valence electrons. The van der Waals surface area contributed by atoms with Crippen LogP contribution in [-0.2, 0) is 4.79 Å². The SMILES string of the molecule is Cc1cc(Nc2ncnn3ccc(C4CCCN(C(=O)/C=C/CN(C)C)CC4)c23)ccc1Oc1ccn2ncnc2c1. The number of carbonyl (C=O) groups is 1. The van der Waals surface area contributed by atoms with Gasteiger partial charge in [-0.15, -0.1) is 0 Å². The van der Waals surface area contributed by atoms with Crippen LogP contribution in [0.3, 0.4) is 0 Å². The Bertz CT molecular complexity index is 1740. The average molecular weight is 566 g/mol. The van der Waals surface area contributed by atoms with Crippen molar-refractivity contribution in [3.05, 3.63) is 84.7 Å². The van der Waals surface area contributed by atoms with E-state index < -0.39 is 0 Å². The molecule has 1 amide bonds. The van der Waals surface area contributed by atoms with Crippen molar-refractivity contribution in [3.63, 3.8) is 0 Å². The normalized spacial score (nSPS) is 16.0. The van der Waals surface area contributed by atoms with Crippen LogP contribution in [0.4, 0.5) is 11.5 Å². The molecule has 4 aromatic heterocycles. The molecule has 6 rings (SSSR count). The Morgan fingerprint density at radius 2 is 1.88 bits per heavy atom. The Hall–Kier alpha value is -4.77. The molecule has 0 radical (unpaired) electrons. The van der Waals surface area contributed by atoms with Gasteiger partial charge in [-0.3, -0.25) is 4.79 Å². The molecule has 42 heavy (non-hydrogen) atoms. The van der Waals surface area contributed by atoms with E-state index in [4.69, 9.17) is 4.74 Å². The quantitative estimate of drug-likeness (QED) is 0.267. The van der Waals surface area contributed by atoms with Gasteiger partial charge in [0, 0.05) is 49.9 Å². The summed E-state index contributed by atoms with van der Waals surface area (Å²) in [6, 6.07) is 11.8. The van der Waals surface area contributed by atoms with Crippen molar-refractivity contribution in [2.75, 3.05) is 39.0 Å². The van der Waals surface area contributed by atoms with Crippen molar-refractivity contribution in [2.24, 2.45) is 0 Å². The van der Waals surface area contributed by atoms with E-state index in [-0.39, 0.29) is 5.91 Å². The van der Waals surface area contributed by atoms with E-state index in [0.717, 1.165) is 72.9 Å². The molecule has 0 spiro atoms. The van der Waals surface area contributed by atoms with Crippen LogP contribution in [0.25, 0.3) is 11.2 Å². The summed E-state index contributed by atoms with van der Waals surface area (Å²) < 4.78 is 9.72. The van der Waals surface area contributed by atoms with Gasteiger partial charge in [0.15, 0.2) is 11.5 Å². The standard InChI is InChI=1S/C31H35N9O2/c1-22-18-24(8-9-27(22)42-25-11-16-39-28(19-25)32-20-34-39)36-31-30-26(12-17-40(30)35-21-33-31)23-6-4-14-38(15-10-23)29(41)7-5-13-37(2)3/h5,7-9,11-12,16-21,23H,4,6,10,13-15H2,1-3H3,(H,33,35,36)/b7-5+. The zero-order valence-corrected chi connectivity index (χ0v) is 24.1. The Kier molecular flexibility index (Phi) is 7.83. The van der Waals surface area contributed by atoms with Crippen LogP contribution in [0.1, 0.15) is 36.3 Å². The molecular formula is C31H35N9O2. The molecule has 5 aromatic rings. The summed E-state index contributed by atoms with van der Waals surface area (Å²) in [6.45, 7) is 4.27. The number of pyridine rings is 1. The van der Waals surface area contributed by atoms with Gasteiger partial charge >= 0.3 is 0 Å². The molecule has 11 heteroatoms. The molecule has 5 heterocycles. The molecule has 0 aliphatic carbocycles. The molecule has 1 fully saturated rings. The lowest BCUT2D eigenvalue weighted by Crippen LogP contribution is -2.30. The second kappa shape index (κ2) is 12.0. The first kappa shape index (κ1) is 27.4. The highest BCUT2D eigenvalue weighted by Gasteiger charge is 2.24. The molecule has 1 aliphatic rings. The highest BCUT2D eigenvalue weighted by molar-refractivity contribution is 5.87. The third kappa shape index (κ3) is 5.96. The molecule has 1 unspecified atom stereocenters. The highest BCUT2D eigenvalue weighted by atomic mass is 16.5. The first-order chi connectivity index (χ1) is 20.4. The van der Waals surface area contributed by atoms with E-state index in [0.29, 0.717) is 11.7 Å². The van der Waals surface area contributed by atoms with Gasteiger partial charge in [0.1, 0.15) is 29.7 Å². The summed E-state index contributed by atoms with van der Waals surface area (Å²) in [5, 5.41) is 12.1. The van der Waals surface area contributed by atoms with Crippen molar-refractivity contribution in [3.8, 4) is 11.5 Å². The number of likely N-dealkylation sites (tertiary alicyclic amines) is 1. The number of aryl methyl sites for hydroxylation is 1. The number of rotatable bonds is 8. The van der Waals surface area contributed by atoms with Gasteiger partial charge in [-0.2, -0.15) is 10.2 Å². The number of benzene rings is 1. The second-order valence-electron chi connectivity index (χ2n) is 10.9. The smallest absolute Gasteiger partial charge is 0.246 e. The maximum Gasteiger partial charge on any atom is 0.246 e. The first-order valence-electron chi connectivity index (χ1n) is 14.2. The summed E-state index contributed by atoms with van der Waals surface area (Å²) in [6.07, 6.45) is 13.4. The number of ether oxygens (including phenoxy) is 1. The lowest BCUT2D eigenvalue weighted by Gasteiger charge is -2.19. The number of aromatic nitrogens is 6. The van der Waals surface area contributed by atoms with Gasteiger partial charge in [-0.25, -0.2) is 19.0 Å². The van der Waals surface area contributed by atoms with E-state index in [1.807, 2.05) is 84.1 Å². The maximum atomic E-state index is 12.8. The van der Waals surface area contributed by atoms with E-state index in [1.54, 1.807) is 16.9 Å². The predicted molar refractivity (Wildman–Crippen MR) is 161 cm³/mol. The van der Waals surface area contributed by atoms with Crippen molar-refractivity contribution in [1.82, 2.24) is 39.0 Å². The van der Waals surface area contributed by atoms with Crippen LogP contribution in [0, 0.1) is 6.92 Å². The van der Waals surface area contributed by atoms with Crippen molar-refractivity contribution in [2.45, 2.75) is 32.1 Å². The van der Waals surface area contributed by atoms with Crippen LogP contribution in [-0.4, -0.2) is 78.6 Å². The summed E-state index contributed by atoms with van der Waals surface area (Å²) in [7, 11) is 3.99. The Balaban J connectivity index is 1.18. The average Bonchev–Trinajstić information content (AvgIpc) is 3.55. The van der Waals surface area contributed by atoms with E-state index in [2.05, 4.69) is 31.5 Å². The topological polar surface area (TPSA) is 105 Å². The minimum absolute atomic E-state index is 0.0896. The lowest BCUT2D eigenvalue weighted by molar-refractivity contribution is -0.126. The van der Waals surface area contributed by atoms with E-state index in [1.165, 1.54) is 11.9 Å². The van der Waals surface area contributed by atoms with E-state index in [9.17, 15) is 4.79 Å². The molecule has 11 nitrogen and oxygen atoms in total. The lowest BCUT2D eigenvalue weighted by atomic mass is 9.93. The number of nitrogens with zero attached hydrogens (tertiary/aromatic N) is 8. The van der Waals surface area contributed by atoms with Crippen molar-refractivity contribution in [1.29, 1.82) is 0 Å². The molecule has 1 aliphatic heterocycles. The number of fused-ring (bicyclic) bond motifs is 2. The minimum Gasteiger partial charge on any atom is -0.457 e.